The number of amides is 1. The third kappa shape index (κ3) is 4.17. The molecule has 0 aromatic heterocycles. The highest BCUT2D eigenvalue weighted by Crippen LogP contribution is 2.28. The highest BCUT2D eigenvalue weighted by Gasteiger charge is 2.32. The topological polar surface area (TPSA) is 88.1 Å². The van der Waals surface area contributed by atoms with Crippen molar-refractivity contribution in [2.75, 3.05) is 26.7 Å². The molecule has 0 spiro atoms. The summed E-state index contributed by atoms with van der Waals surface area (Å²) in [5.74, 6) is -0.778. The first-order valence-electron chi connectivity index (χ1n) is 7.84. The molecule has 132 valence electrons. The Morgan fingerprint density at radius 2 is 2.04 bits per heavy atom. The van der Waals surface area contributed by atoms with E-state index < -0.39 is 17.7 Å². The van der Waals surface area contributed by atoms with Gasteiger partial charge in [0, 0.05) is 19.6 Å². The van der Waals surface area contributed by atoms with E-state index in [4.69, 9.17) is 4.74 Å². The summed E-state index contributed by atoms with van der Waals surface area (Å²) in [7, 11) is 1.25. The van der Waals surface area contributed by atoms with Gasteiger partial charge in [-0.05, 0) is 38.5 Å². The minimum atomic E-state index is -0.623. The van der Waals surface area contributed by atoms with Crippen LogP contribution in [0.1, 0.15) is 42.7 Å². The lowest BCUT2D eigenvalue weighted by atomic mass is 10.0. The summed E-state index contributed by atoms with van der Waals surface area (Å²) < 4.78 is 10.1. The molecule has 2 rings (SSSR count). The molecule has 1 atom stereocenters. The first kappa shape index (κ1) is 18.1. The molecule has 2 N–H and O–H groups in total. The second-order valence-corrected chi connectivity index (χ2v) is 6.66. The van der Waals surface area contributed by atoms with Gasteiger partial charge in [-0.2, -0.15) is 0 Å². The minimum Gasteiger partial charge on any atom is -0.507 e. The van der Waals surface area contributed by atoms with Gasteiger partial charge in [0.1, 0.15) is 16.9 Å². The van der Waals surface area contributed by atoms with Gasteiger partial charge in [0.2, 0.25) is 0 Å². The van der Waals surface area contributed by atoms with Crippen LogP contribution in [0.15, 0.2) is 18.2 Å². The maximum atomic E-state index is 12.5. The number of nitrogens with zero attached hydrogens (tertiary/aromatic N) is 1. The van der Waals surface area contributed by atoms with Gasteiger partial charge in [-0.25, -0.2) is 9.59 Å². The van der Waals surface area contributed by atoms with E-state index >= 15 is 0 Å². The van der Waals surface area contributed by atoms with Crippen LogP contribution >= 0.6 is 0 Å². The fourth-order valence-electron chi connectivity index (χ4n) is 2.58. The van der Waals surface area contributed by atoms with E-state index in [1.807, 2.05) is 20.8 Å². The van der Waals surface area contributed by atoms with Gasteiger partial charge < -0.3 is 19.9 Å². The van der Waals surface area contributed by atoms with Crippen LogP contribution in [0, 0.1) is 0 Å². The van der Waals surface area contributed by atoms with Crippen LogP contribution in [0.25, 0.3) is 0 Å². The van der Waals surface area contributed by atoms with Crippen molar-refractivity contribution >= 4 is 12.1 Å². The lowest BCUT2D eigenvalue weighted by molar-refractivity contribution is 0.0118. The van der Waals surface area contributed by atoms with Crippen LogP contribution in [0.4, 0.5) is 4.79 Å². The SMILES string of the molecule is COC(=O)c1cc(C2CNCCN2C(=O)OC(C)(C)C)ccc1O. The molecule has 1 aromatic carbocycles. The van der Waals surface area contributed by atoms with Gasteiger partial charge in [-0.1, -0.05) is 6.07 Å². The van der Waals surface area contributed by atoms with Crippen LogP contribution in [0.2, 0.25) is 0 Å². The zero-order valence-corrected chi connectivity index (χ0v) is 14.5. The van der Waals surface area contributed by atoms with Crippen LogP contribution < -0.4 is 5.32 Å². The number of piperazine rings is 1. The molecule has 1 heterocycles. The Bertz CT molecular complexity index is 624. The Morgan fingerprint density at radius 1 is 1.33 bits per heavy atom. The van der Waals surface area contributed by atoms with Crippen molar-refractivity contribution in [3.8, 4) is 5.75 Å². The van der Waals surface area contributed by atoms with Crippen molar-refractivity contribution in [1.29, 1.82) is 0 Å². The number of methoxy groups -OCH3 is 1. The summed E-state index contributed by atoms with van der Waals surface area (Å²) in [4.78, 5) is 25.9. The number of rotatable bonds is 2. The van der Waals surface area contributed by atoms with Crippen LogP contribution in [-0.2, 0) is 9.47 Å². The summed E-state index contributed by atoms with van der Waals surface area (Å²) in [5, 5.41) is 13.1. The van der Waals surface area contributed by atoms with Gasteiger partial charge in [0.25, 0.3) is 0 Å². The zero-order valence-electron chi connectivity index (χ0n) is 14.5. The molecule has 24 heavy (non-hydrogen) atoms. The first-order chi connectivity index (χ1) is 11.2. The number of carbonyl (C=O) groups excluding carboxylic acids is 2. The monoisotopic (exact) mass is 336 g/mol. The molecule has 1 amide bonds. The first-order valence-corrected chi connectivity index (χ1v) is 7.84. The summed E-state index contributed by atoms with van der Waals surface area (Å²) in [5.41, 5.74) is 0.217. The molecular weight excluding hydrogens is 312 g/mol. The number of ether oxygens (including phenoxy) is 2. The molecular formula is C17H24N2O5. The lowest BCUT2D eigenvalue weighted by Gasteiger charge is -2.37. The molecule has 7 nitrogen and oxygen atoms in total. The molecule has 0 radical (unpaired) electrons. The molecule has 1 unspecified atom stereocenters. The van der Waals surface area contributed by atoms with E-state index in [0.717, 1.165) is 5.56 Å². The largest absolute Gasteiger partial charge is 0.507 e. The van der Waals surface area contributed by atoms with E-state index in [1.54, 1.807) is 17.0 Å². The normalized spacial score (nSPS) is 18.2. The van der Waals surface area contributed by atoms with Gasteiger partial charge in [0.05, 0.1) is 13.2 Å². The predicted octanol–water partition coefficient (Wildman–Crippen LogP) is 2.06. The fraction of sp³-hybridized carbons (Fsp3) is 0.529. The number of phenolic OH excluding ortho intramolecular Hbond substituents is 1. The molecule has 0 saturated carbocycles. The second kappa shape index (κ2) is 7.09. The van der Waals surface area contributed by atoms with E-state index in [9.17, 15) is 14.7 Å². The summed E-state index contributed by atoms with van der Waals surface area (Å²) in [6.45, 7) is 7.14. The Balaban J connectivity index is 2.30. The zero-order chi connectivity index (χ0) is 17.9. The van der Waals surface area contributed by atoms with Crippen molar-refractivity contribution in [3.05, 3.63) is 29.3 Å². The molecule has 1 saturated heterocycles. The van der Waals surface area contributed by atoms with Crippen LogP contribution in [-0.4, -0.2) is 54.4 Å². The van der Waals surface area contributed by atoms with Crippen molar-refractivity contribution < 1.29 is 24.2 Å². The van der Waals surface area contributed by atoms with Crippen molar-refractivity contribution in [3.63, 3.8) is 0 Å². The average Bonchev–Trinajstić information content (AvgIpc) is 2.53. The number of benzene rings is 1. The fourth-order valence-corrected chi connectivity index (χ4v) is 2.58. The lowest BCUT2D eigenvalue weighted by Crippen LogP contribution is -2.50. The van der Waals surface area contributed by atoms with Gasteiger partial charge in [-0.3, -0.25) is 4.90 Å². The smallest absolute Gasteiger partial charge is 0.410 e. The average molecular weight is 336 g/mol. The van der Waals surface area contributed by atoms with E-state index in [2.05, 4.69) is 10.1 Å². The van der Waals surface area contributed by atoms with E-state index in [0.29, 0.717) is 19.6 Å². The van der Waals surface area contributed by atoms with E-state index in [-0.39, 0.29) is 17.4 Å². The van der Waals surface area contributed by atoms with Gasteiger partial charge in [-0.15, -0.1) is 0 Å². The molecule has 7 heteroatoms. The summed E-state index contributed by atoms with van der Waals surface area (Å²) >= 11 is 0. The molecule has 0 bridgehead atoms. The molecule has 1 aromatic rings. The Labute approximate surface area is 141 Å². The second-order valence-electron chi connectivity index (χ2n) is 6.66. The Kier molecular flexibility index (Phi) is 5.33. The third-order valence-corrected chi connectivity index (χ3v) is 3.68. The highest BCUT2D eigenvalue weighted by atomic mass is 16.6. The van der Waals surface area contributed by atoms with Crippen LogP contribution in [0.5, 0.6) is 5.75 Å². The quantitative estimate of drug-likeness (QED) is 0.804. The highest BCUT2D eigenvalue weighted by molar-refractivity contribution is 5.92. The standard InChI is InChI=1S/C17H24N2O5/c1-17(2,3)24-16(22)19-8-7-18-10-13(19)11-5-6-14(20)12(9-11)15(21)23-4/h5-6,9,13,18,20H,7-8,10H2,1-4H3. The number of hydrogen-bond acceptors (Lipinski definition) is 6. The number of hydrogen-bond donors (Lipinski definition) is 2. The maximum absolute atomic E-state index is 12.5. The van der Waals surface area contributed by atoms with Crippen molar-refractivity contribution in [2.45, 2.75) is 32.4 Å². The molecule has 1 fully saturated rings. The number of nitrogens with one attached hydrogen (secondary N) is 1. The number of carbonyl (C=O) groups is 2. The number of phenols is 1. The Hall–Kier alpha value is -2.28. The van der Waals surface area contributed by atoms with Crippen molar-refractivity contribution in [1.82, 2.24) is 10.2 Å². The molecule has 1 aliphatic rings. The summed E-state index contributed by atoms with van der Waals surface area (Å²) in [6.07, 6.45) is -0.401. The van der Waals surface area contributed by atoms with E-state index in [1.165, 1.54) is 13.2 Å². The van der Waals surface area contributed by atoms with Gasteiger partial charge in [0.15, 0.2) is 0 Å². The third-order valence-electron chi connectivity index (χ3n) is 3.68. The number of aromatic hydroxyl groups is 1. The van der Waals surface area contributed by atoms with Gasteiger partial charge >= 0.3 is 12.1 Å². The maximum Gasteiger partial charge on any atom is 0.410 e. The van der Waals surface area contributed by atoms with Crippen LogP contribution in [0.3, 0.4) is 0 Å². The molecule has 0 aliphatic carbocycles. The minimum absolute atomic E-state index is 0.0738. The summed E-state index contributed by atoms with van der Waals surface area (Å²) in [6, 6.07) is 4.38. The molecule has 1 aliphatic heterocycles. The predicted molar refractivity (Wildman–Crippen MR) is 88.0 cm³/mol. The Morgan fingerprint density at radius 3 is 2.67 bits per heavy atom. The number of esters is 1. The van der Waals surface area contributed by atoms with Crippen molar-refractivity contribution in [2.24, 2.45) is 0 Å².